The summed E-state index contributed by atoms with van der Waals surface area (Å²) in [6.07, 6.45) is -2.04. The van der Waals surface area contributed by atoms with Crippen molar-refractivity contribution in [3.63, 3.8) is 0 Å². The van der Waals surface area contributed by atoms with Crippen LogP contribution in [0.1, 0.15) is 40.5 Å². The van der Waals surface area contributed by atoms with Crippen molar-refractivity contribution in [2.24, 2.45) is 0 Å². The van der Waals surface area contributed by atoms with E-state index < -0.39 is 12.3 Å². The summed E-state index contributed by atoms with van der Waals surface area (Å²) in [5.74, 6) is -0.411. The highest BCUT2D eigenvalue weighted by atomic mass is 32.1. The number of para-hydroxylation sites is 1. The first-order chi connectivity index (χ1) is 11.6. The lowest BCUT2D eigenvalue weighted by Crippen LogP contribution is -2.08. The summed E-state index contributed by atoms with van der Waals surface area (Å²) < 4.78 is 26.9. The fourth-order valence-corrected chi connectivity index (χ4v) is 3.81. The standard InChI is InChI=1S/C19H17F2NOS/c20-18(21)12-14(10-11-16(23)13-6-2-1-3-7-13)19-22-15-8-4-5-9-17(15)24-19/h1-9,14,18H,10-12H2/t14-/m0/s1. The predicted octanol–water partition coefficient (Wildman–Crippen LogP) is 5.70. The van der Waals surface area contributed by atoms with Gasteiger partial charge in [0.2, 0.25) is 6.43 Å². The van der Waals surface area contributed by atoms with Crippen LogP contribution in [0.4, 0.5) is 8.78 Å². The lowest BCUT2D eigenvalue weighted by molar-refractivity contribution is 0.0961. The zero-order valence-electron chi connectivity index (χ0n) is 13.0. The Labute approximate surface area is 143 Å². The van der Waals surface area contributed by atoms with Gasteiger partial charge < -0.3 is 0 Å². The number of hydrogen-bond donors (Lipinski definition) is 0. The van der Waals surface area contributed by atoms with Crippen LogP contribution in [-0.4, -0.2) is 17.2 Å². The van der Waals surface area contributed by atoms with Gasteiger partial charge in [-0.15, -0.1) is 11.3 Å². The van der Waals surface area contributed by atoms with Crippen molar-refractivity contribution in [3.8, 4) is 0 Å². The second kappa shape index (κ2) is 7.62. The minimum atomic E-state index is -2.41. The molecule has 0 aliphatic carbocycles. The van der Waals surface area contributed by atoms with Gasteiger partial charge in [-0.25, -0.2) is 13.8 Å². The van der Waals surface area contributed by atoms with E-state index in [9.17, 15) is 13.6 Å². The molecule has 24 heavy (non-hydrogen) atoms. The van der Waals surface area contributed by atoms with Gasteiger partial charge >= 0.3 is 0 Å². The molecule has 0 spiro atoms. The largest absolute Gasteiger partial charge is 0.294 e. The highest BCUT2D eigenvalue weighted by molar-refractivity contribution is 7.18. The molecule has 5 heteroatoms. The van der Waals surface area contributed by atoms with Gasteiger partial charge in [-0.2, -0.15) is 0 Å². The van der Waals surface area contributed by atoms with Crippen molar-refractivity contribution in [1.29, 1.82) is 0 Å². The summed E-state index contributed by atoms with van der Waals surface area (Å²) in [6, 6.07) is 16.6. The third kappa shape index (κ3) is 4.03. The van der Waals surface area contributed by atoms with E-state index >= 15 is 0 Å². The first-order valence-electron chi connectivity index (χ1n) is 7.85. The first kappa shape index (κ1) is 16.7. The van der Waals surface area contributed by atoms with E-state index in [0.717, 1.165) is 10.2 Å². The molecular weight excluding hydrogens is 328 g/mol. The maximum Gasteiger partial charge on any atom is 0.239 e. The zero-order chi connectivity index (χ0) is 16.9. The highest BCUT2D eigenvalue weighted by Gasteiger charge is 2.22. The van der Waals surface area contributed by atoms with Crippen molar-refractivity contribution in [2.45, 2.75) is 31.6 Å². The van der Waals surface area contributed by atoms with E-state index in [1.54, 1.807) is 24.3 Å². The molecule has 0 N–H and O–H groups in total. The highest BCUT2D eigenvalue weighted by Crippen LogP contribution is 2.34. The number of carbonyl (C=O) groups is 1. The quantitative estimate of drug-likeness (QED) is 0.514. The van der Waals surface area contributed by atoms with Gasteiger partial charge in [0.1, 0.15) is 0 Å². The Morgan fingerprint density at radius 1 is 1.04 bits per heavy atom. The number of ketones is 1. The van der Waals surface area contributed by atoms with Gasteiger partial charge in [0.05, 0.1) is 15.2 Å². The number of hydrogen-bond acceptors (Lipinski definition) is 3. The van der Waals surface area contributed by atoms with Crippen LogP contribution in [0.2, 0.25) is 0 Å². The van der Waals surface area contributed by atoms with Gasteiger partial charge in [-0.3, -0.25) is 4.79 Å². The fraction of sp³-hybridized carbons (Fsp3) is 0.263. The van der Waals surface area contributed by atoms with Crippen LogP contribution in [0, 0.1) is 0 Å². The van der Waals surface area contributed by atoms with Crippen LogP contribution in [0.15, 0.2) is 54.6 Å². The van der Waals surface area contributed by atoms with Crippen molar-refractivity contribution in [3.05, 3.63) is 65.2 Å². The lowest BCUT2D eigenvalue weighted by atomic mass is 9.96. The minimum Gasteiger partial charge on any atom is -0.294 e. The van der Waals surface area contributed by atoms with E-state index in [2.05, 4.69) is 4.98 Å². The van der Waals surface area contributed by atoms with Crippen LogP contribution in [-0.2, 0) is 0 Å². The second-order valence-electron chi connectivity index (χ2n) is 5.67. The Kier molecular flexibility index (Phi) is 5.30. The molecule has 1 atom stereocenters. The topological polar surface area (TPSA) is 30.0 Å². The number of thiazole rings is 1. The smallest absolute Gasteiger partial charge is 0.239 e. The minimum absolute atomic E-state index is 0.0176. The van der Waals surface area contributed by atoms with E-state index in [1.165, 1.54) is 11.3 Å². The Morgan fingerprint density at radius 3 is 2.46 bits per heavy atom. The Bertz CT molecular complexity index is 783. The monoisotopic (exact) mass is 345 g/mol. The van der Waals surface area contributed by atoms with Gasteiger partial charge in [-0.1, -0.05) is 42.5 Å². The summed E-state index contributed by atoms with van der Waals surface area (Å²) in [5, 5.41) is 0.692. The molecule has 1 aromatic heterocycles. The summed E-state index contributed by atoms with van der Waals surface area (Å²) >= 11 is 1.44. The fourth-order valence-electron chi connectivity index (χ4n) is 2.70. The molecule has 0 bridgehead atoms. The van der Waals surface area contributed by atoms with Gasteiger partial charge in [0, 0.05) is 24.3 Å². The molecule has 0 saturated carbocycles. The van der Waals surface area contributed by atoms with E-state index in [-0.39, 0.29) is 18.6 Å². The van der Waals surface area contributed by atoms with Crippen LogP contribution in [0.25, 0.3) is 10.2 Å². The van der Waals surface area contributed by atoms with Gasteiger partial charge in [0.25, 0.3) is 0 Å². The SMILES string of the molecule is O=C(CC[C@@H](CC(F)F)c1nc2ccccc2s1)c1ccccc1. The molecule has 124 valence electrons. The normalized spacial score (nSPS) is 12.6. The predicted molar refractivity (Wildman–Crippen MR) is 93.0 cm³/mol. The maximum absolute atomic E-state index is 13.0. The summed E-state index contributed by atoms with van der Waals surface area (Å²) in [7, 11) is 0. The molecule has 2 aromatic carbocycles. The summed E-state index contributed by atoms with van der Waals surface area (Å²) in [5.41, 5.74) is 1.45. The molecule has 2 nitrogen and oxygen atoms in total. The molecule has 0 aliphatic heterocycles. The van der Waals surface area contributed by atoms with Crippen LogP contribution >= 0.6 is 11.3 Å². The maximum atomic E-state index is 13.0. The second-order valence-corrected chi connectivity index (χ2v) is 6.73. The molecule has 1 heterocycles. The molecule has 3 aromatic rings. The van der Waals surface area contributed by atoms with Crippen molar-refractivity contribution in [1.82, 2.24) is 4.98 Å². The lowest BCUT2D eigenvalue weighted by Gasteiger charge is -2.13. The Hall–Kier alpha value is -2.14. The summed E-state index contributed by atoms with van der Waals surface area (Å²) in [4.78, 5) is 16.7. The van der Waals surface area contributed by atoms with Crippen molar-refractivity contribution >= 4 is 27.3 Å². The molecular formula is C19H17F2NOS. The molecule has 0 aliphatic rings. The number of halogens is 2. The van der Waals surface area contributed by atoms with E-state index in [0.29, 0.717) is 17.0 Å². The van der Waals surface area contributed by atoms with Crippen LogP contribution < -0.4 is 0 Å². The molecule has 0 radical (unpaired) electrons. The van der Waals surface area contributed by atoms with Crippen molar-refractivity contribution in [2.75, 3.05) is 0 Å². The third-order valence-electron chi connectivity index (χ3n) is 3.94. The number of rotatable bonds is 7. The number of alkyl halides is 2. The van der Waals surface area contributed by atoms with E-state index in [1.807, 2.05) is 30.3 Å². The first-order valence-corrected chi connectivity index (χ1v) is 8.67. The Balaban J connectivity index is 1.75. The van der Waals surface area contributed by atoms with Gasteiger partial charge in [-0.05, 0) is 18.6 Å². The van der Waals surface area contributed by atoms with Crippen molar-refractivity contribution < 1.29 is 13.6 Å². The summed E-state index contributed by atoms with van der Waals surface area (Å²) in [6.45, 7) is 0. The number of fused-ring (bicyclic) bond motifs is 1. The number of Topliss-reactive ketones (excluding diaryl/α,β-unsaturated/α-hetero) is 1. The average Bonchev–Trinajstić information content (AvgIpc) is 3.02. The Morgan fingerprint density at radius 2 is 1.75 bits per heavy atom. The molecule has 0 amide bonds. The number of carbonyl (C=O) groups excluding carboxylic acids is 1. The number of aromatic nitrogens is 1. The molecule has 3 rings (SSSR count). The van der Waals surface area contributed by atoms with Gasteiger partial charge in [0.15, 0.2) is 5.78 Å². The zero-order valence-corrected chi connectivity index (χ0v) is 13.8. The average molecular weight is 345 g/mol. The van der Waals surface area contributed by atoms with Crippen LogP contribution in [0.5, 0.6) is 0 Å². The van der Waals surface area contributed by atoms with E-state index in [4.69, 9.17) is 0 Å². The molecule has 0 fully saturated rings. The number of nitrogens with zero attached hydrogens (tertiary/aromatic N) is 1. The molecule has 0 saturated heterocycles. The molecule has 0 unspecified atom stereocenters. The number of benzene rings is 2. The third-order valence-corrected chi connectivity index (χ3v) is 5.14. The van der Waals surface area contributed by atoms with Crippen LogP contribution in [0.3, 0.4) is 0 Å².